The molecule has 0 atom stereocenters. The zero-order valence-corrected chi connectivity index (χ0v) is 15.0. The minimum atomic E-state index is -0.125. The number of nitrogens with zero attached hydrogens (tertiary/aromatic N) is 2. The van der Waals surface area contributed by atoms with Crippen LogP contribution in [0.2, 0.25) is 0 Å². The van der Waals surface area contributed by atoms with E-state index in [4.69, 9.17) is 0 Å². The van der Waals surface area contributed by atoms with Crippen LogP contribution >= 0.6 is 11.3 Å². The van der Waals surface area contributed by atoms with Crippen LogP contribution in [0.1, 0.15) is 46.2 Å². The van der Waals surface area contributed by atoms with Gasteiger partial charge in [0.2, 0.25) is 0 Å². The number of piperidine rings is 1. The summed E-state index contributed by atoms with van der Waals surface area (Å²) in [6, 6.07) is 0.0478. The highest BCUT2D eigenvalue weighted by Gasteiger charge is 2.38. The number of nitrogens with one attached hydrogen (secondary N) is 3. The Hall–Kier alpha value is -1.60. The molecule has 0 spiro atoms. The van der Waals surface area contributed by atoms with E-state index in [1.807, 2.05) is 22.2 Å². The number of amides is 2. The van der Waals surface area contributed by atoms with Crippen molar-refractivity contribution >= 4 is 22.3 Å². The van der Waals surface area contributed by atoms with E-state index in [1.165, 1.54) is 0 Å². The van der Waals surface area contributed by atoms with Crippen LogP contribution in [0.3, 0.4) is 0 Å². The zero-order chi connectivity index (χ0) is 16.7. The monoisotopic (exact) mass is 335 g/mol. The lowest BCUT2D eigenvalue weighted by Crippen LogP contribution is -2.62. The highest BCUT2D eigenvalue weighted by Crippen LogP contribution is 2.28. The smallest absolute Gasteiger partial charge is 0.315 e. The van der Waals surface area contributed by atoms with E-state index in [0.717, 1.165) is 23.5 Å². The highest BCUT2D eigenvalue weighted by atomic mass is 32.1. The van der Waals surface area contributed by atoms with Crippen LogP contribution in [0.25, 0.3) is 4.96 Å². The SMILES string of the molecule is CC1(C)CC(NC(=O)NCc2cn3ccsc3n2)CC(C)(C)N1. The molecule has 3 rings (SSSR count). The molecule has 0 radical (unpaired) electrons. The fraction of sp³-hybridized carbons (Fsp3) is 0.625. The van der Waals surface area contributed by atoms with Gasteiger partial charge in [-0.25, -0.2) is 9.78 Å². The minimum absolute atomic E-state index is 0.0218. The molecule has 1 fully saturated rings. The predicted octanol–water partition coefficient (Wildman–Crippen LogP) is 2.50. The molecule has 1 aliphatic rings. The summed E-state index contributed by atoms with van der Waals surface area (Å²) in [5.74, 6) is 0. The van der Waals surface area contributed by atoms with Crippen LogP contribution in [-0.4, -0.2) is 32.5 Å². The number of hydrogen-bond donors (Lipinski definition) is 3. The number of fused-ring (bicyclic) bond motifs is 1. The Bertz CT molecular complexity index is 658. The highest BCUT2D eigenvalue weighted by molar-refractivity contribution is 7.15. The Morgan fingerprint density at radius 2 is 2.09 bits per heavy atom. The van der Waals surface area contributed by atoms with Gasteiger partial charge >= 0.3 is 6.03 Å². The molecule has 2 aromatic heterocycles. The molecule has 0 aromatic carbocycles. The van der Waals surface area contributed by atoms with E-state index in [9.17, 15) is 4.79 Å². The molecule has 6 nitrogen and oxygen atoms in total. The summed E-state index contributed by atoms with van der Waals surface area (Å²) in [5, 5.41) is 11.6. The Morgan fingerprint density at radius 3 is 2.74 bits per heavy atom. The number of urea groups is 1. The van der Waals surface area contributed by atoms with Gasteiger partial charge < -0.3 is 16.0 Å². The van der Waals surface area contributed by atoms with Gasteiger partial charge in [0.1, 0.15) is 0 Å². The van der Waals surface area contributed by atoms with Crippen molar-refractivity contribution in [3.05, 3.63) is 23.5 Å². The molecular weight excluding hydrogens is 310 g/mol. The summed E-state index contributed by atoms with van der Waals surface area (Å²) in [4.78, 5) is 17.6. The van der Waals surface area contributed by atoms with Crippen LogP contribution in [-0.2, 0) is 6.54 Å². The van der Waals surface area contributed by atoms with Crippen molar-refractivity contribution in [2.75, 3.05) is 0 Å². The summed E-state index contributed by atoms with van der Waals surface area (Å²) in [5.41, 5.74) is 0.917. The van der Waals surface area contributed by atoms with E-state index in [2.05, 4.69) is 48.6 Å². The van der Waals surface area contributed by atoms with Crippen LogP contribution in [0.5, 0.6) is 0 Å². The molecule has 3 N–H and O–H groups in total. The fourth-order valence-electron chi connectivity index (χ4n) is 3.69. The van der Waals surface area contributed by atoms with Crippen molar-refractivity contribution in [2.45, 2.75) is 64.2 Å². The molecule has 126 valence electrons. The molecule has 0 aliphatic carbocycles. The second kappa shape index (κ2) is 5.79. The van der Waals surface area contributed by atoms with Crippen molar-refractivity contribution < 1.29 is 4.79 Å². The lowest BCUT2D eigenvalue weighted by atomic mass is 9.80. The third kappa shape index (κ3) is 4.03. The molecule has 23 heavy (non-hydrogen) atoms. The third-order valence-corrected chi connectivity index (χ3v) is 4.87. The minimum Gasteiger partial charge on any atom is -0.335 e. The quantitative estimate of drug-likeness (QED) is 0.807. The average molecular weight is 335 g/mol. The third-order valence-electron chi connectivity index (χ3n) is 4.10. The van der Waals surface area contributed by atoms with Crippen molar-refractivity contribution in [3.63, 3.8) is 0 Å². The summed E-state index contributed by atoms with van der Waals surface area (Å²) >= 11 is 1.59. The van der Waals surface area contributed by atoms with Gasteiger partial charge in [-0.3, -0.25) is 4.40 Å². The number of rotatable bonds is 3. The molecular formula is C16H25N5OS. The van der Waals surface area contributed by atoms with E-state index >= 15 is 0 Å². The topological polar surface area (TPSA) is 70.5 Å². The Labute approximate surface area is 140 Å². The molecule has 0 bridgehead atoms. The second-order valence-electron chi connectivity index (χ2n) is 7.65. The maximum atomic E-state index is 12.2. The van der Waals surface area contributed by atoms with Crippen molar-refractivity contribution in [2.24, 2.45) is 0 Å². The van der Waals surface area contributed by atoms with E-state index in [1.54, 1.807) is 11.3 Å². The molecule has 7 heteroatoms. The van der Waals surface area contributed by atoms with Gasteiger partial charge in [-0.2, -0.15) is 0 Å². The van der Waals surface area contributed by atoms with Crippen molar-refractivity contribution in [1.29, 1.82) is 0 Å². The maximum Gasteiger partial charge on any atom is 0.315 e. The predicted molar refractivity (Wildman–Crippen MR) is 92.8 cm³/mol. The van der Waals surface area contributed by atoms with Gasteiger partial charge in [-0.1, -0.05) is 0 Å². The van der Waals surface area contributed by atoms with Crippen LogP contribution < -0.4 is 16.0 Å². The largest absolute Gasteiger partial charge is 0.335 e. The molecule has 2 amide bonds. The molecule has 3 heterocycles. The Morgan fingerprint density at radius 1 is 1.39 bits per heavy atom. The van der Waals surface area contributed by atoms with E-state index in [-0.39, 0.29) is 23.2 Å². The van der Waals surface area contributed by atoms with E-state index < -0.39 is 0 Å². The first-order valence-corrected chi connectivity index (χ1v) is 8.85. The maximum absolute atomic E-state index is 12.2. The van der Waals surface area contributed by atoms with Gasteiger partial charge in [0, 0.05) is 34.9 Å². The van der Waals surface area contributed by atoms with Gasteiger partial charge in [-0.15, -0.1) is 11.3 Å². The molecule has 2 aromatic rings. The normalized spacial score (nSPS) is 20.5. The Balaban J connectivity index is 1.53. The average Bonchev–Trinajstić information content (AvgIpc) is 2.92. The molecule has 0 saturated carbocycles. The number of aromatic nitrogens is 2. The lowest BCUT2D eigenvalue weighted by Gasteiger charge is -2.46. The number of thiazole rings is 1. The van der Waals surface area contributed by atoms with Crippen molar-refractivity contribution in [3.8, 4) is 0 Å². The standard InChI is InChI=1S/C16H25N5OS/c1-15(2)7-11(8-16(3,4)20-15)18-13(22)17-9-12-10-21-5-6-23-14(21)19-12/h5-6,10-11,20H,7-9H2,1-4H3,(H2,17,18,22). The fourth-order valence-corrected chi connectivity index (χ4v) is 4.41. The van der Waals surface area contributed by atoms with Gasteiger partial charge in [0.05, 0.1) is 12.2 Å². The lowest BCUT2D eigenvalue weighted by molar-refractivity contribution is 0.147. The summed E-state index contributed by atoms with van der Waals surface area (Å²) in [6.07, 6.45) is 5.76. The van der Waals surface area contributed by atoms with E-state index in [0.29, 0.717) is 6.54 Å². The number of hydrogen-bond acceptors (Lipinski definition) is 4. The zero-order valence-electron chi connectivity index (χ0n) is 14.1. The first-order chi connectivity index (χ1) is 10.7. The van der Waals surface area contributed by atoms with Crippen LogP contribution in [0, 0.1) is 0 Å². The number of carbonyl (C=O) groups excluding carboxylic acids is 1. The number of carbonyl (C=O) groups is 1. The van der Waals surface area contributed by atoms with Crippen LogP contribution in [0.15, 0.2) is 17.8 Å². The number of imidazole rings is 1. The van der Waals surface area contributed by atoms with Crippen LogP contribution in [0.4, 0.5) is 4.79 Å². The molecule has 0 unspecified atom stereocenters. The molecule has 1 aliphatic heterocycles. The summed E-state index contributed by atoms with van der Waals surface area (Å²) in [7, 11) is 0. The van der Waals surface area contributed by atoms with Crippen molar-refractivity contribution in [1.82, 2.24) is 25.3 Å². The summed E-state index contributed by atoms with van der Waals surface area (Å²) < 4.78 is 1.97. The van der Waals surface area contributed by atoms with Gasteiger partial charge in [0.15, 0.2) is 4.96 Å². The first-order valence-electron chi connectivity index (χ1n) is 7.97. The first kappa shape index (κ1) is 16.3. The summed E-state index contributed by atoms with van der Waals surface area (Å²) in [6.45, 7) is 9.16. The second-order valence-corrected chi connectivity index (χ2v) is 8.52. The van der Waals surface area contributed by atoms with Gasteiger partial charge in [0.25, 0.3) is 0 Å². The Kier molecular flexibility index (Phi) is 4.10. The molecule has 1 saturated heterocycles. The van der Waals surface area contributed by atoms with Gasteiger partial charge in [-0.05, 0) is 40.5 Å².